The fraction of sp³-hybridized carbons (Fsp3) is 1.00. The van der Waals surface area contributed by atoms with Gasteiger partial charge in [0.2, 0.25) is 0 Å². The molecule has 11 heavy (non-hydrogen) atoms. The van der Waals surface area contributed by atoms with E-state index in [0.717, 1.165) is 12.1 Å². The van der Waals surface area contributed by atoms with Gasteiger partial charge in [0.15, 0.2) is 0 Å². The highest BCUT2D eigenvalue weighted by Gasteiger charge is 2.21. The van der Waals surface area contributed by atoms with Crippen molar-refractivity contribution >= 4 is 0 Å². The molecule has 0 spiro atoms. The quantitative estimate of drug-likeness (QED) is 0.643. The predicted octanol–water partition coefficient (Wildman–Crippen LogP) is 1.08. The van der Waals surface area contributed by atoms with E-state index in [1.54, 1.807) is 0 Å². The lowest BCUT2D eigenvalue weighted by molar-refractivity contribution is 0.203. The summed E-state index contributed by atoms with van der Waals surface area (Å²) in [7, 11) is 6.44. The van der Waals surface area contributed by atoms with Crippen LogP contribution in [0, 0.1) is 0 Å². The minimum atomic E-state index is 0.760. The molecule has 0 bridgehead atoms. The number of nitrogens with one attached hydrogen (secondary N) is 1. The van der Waals surface area contributed by atoms with E-state index in [4.69, 9.17) is 0 Å². The molecule has 66 valence electrons. The van der Waals surface area contributed by atoms with Gasteiger partial charge in [-0.15, -0.1) is 0 Å². The summed E-state index contributed by atoms with van der Waals surface area (Å²) in [6, 6.07) is 1.57. The Balaban J connectivity index is 2.33. The second-order valence-electron chi connectivity index (χ2n) is 3.77. The molecule has 2 unspecified atom stereocenters. The van der Waals surface area contributed by atoms with Crippen molar-refractivity contribution in [2.75, 3.05) is 21.1 Å². The van der Waals surface area contributed by atoms with E-state index in [9.17, 15) is 0 Å². The van der Waals surface area contributed by atoms with Crippen molar-refractivity contribution < 1.29 is 0 Å². The van der Waals surface area contributed by atoms with E-state index >= 15 is 0 Å². The lowest BCUT2D eigenvalue weighted by Crippen LogP contribution is -2.40. The summed E-state index contributed by atoms with van der Waals surface area (Å²) in [4.78, 5) is 2.35. The van der Waals surface area contributed by atoms with Crippen molar-refractivity contribution in [1.82, 2.24) is 10.2 Å². The van der Waals surface area contributed by atoms with Crippen LogP contribution in [0.25, 0.3) is 0 Å². The Morgan fingerprint density at radius 2 is 2.00 bits per heavy atom. The smallest absolute Gasteiger partial charge is 0.0104 e. The fourth-order valence-electron chi connectivity index (χ4n) is 1.90. The Morgan fingerprint density at radius 1 is 1.27 bits per heavy atom. The summed E-state index contributed by atoms with van der Waals surface area (Å²) in [6.45, 7) is 0. The van der Waals surface area contributed by atoms with Crippen LogP contribution in [0.2, 0.25) is 0 Å². The van der Waals surface area contributed by atoms with Gasteiger partial charge in [0.1, 0.15) is 0 Å². The number of nitrogens with zero attached hydrogens (tertiary/aromatic N) is 1. The number of hydrogen-bond donors (Lipinski definition) is 1. The van der Waals surface area contributed by atoms with Crippen molar-refractivity contribution in [3.05, 3.63) is 0 Å². The zero-order chi connectivity index (χ0) is 8.27. The molecule has 0 saturated heterocycles. The molecule has 2 atom stereocenters. The molecule has 1 rings (SSSR count). The third kappa shape index (κ3) is 2.46. The summed E-state index contributed by atoms with van der Waals surface area (Å²) in [5.41, 5.74) is 0. The van der Waals surface area contributed by atoms with Crippen LogP contribution in [0.4, 0.5) is 0 Å². The van der Waals surface area contributed by atoms with Gasteiger partial charge in [-0.3, -0.25) is 0 Å². The van der Waals surface area contributed by atoms with Crippen LogP contribution >= 0.6 is 0 Å². The van der Waals surface area contributed by atoms with Gasteiger partial charge in [0.25, 0.3) is 0 Å². The first-order valence-electron chi connectivity index (χ1n) is 4.57. The van der Waals surface area contributed by atoms with Crippen LogP contribution in [0.5, 0.6) is 0 Å². The van der Waals surface area contributed by atoms with E-state index in [1.165, 1.54) is 25.7 Å². The molecule has 0 amide bonds. The minimum absolute atomic E-state index is 0.760. The molecule has 1 fully saturated rings. The van der Waals surface area contributed by atoms with Crippen molar-refractivity contribution in [2.24, 2.45) is 0 Å². The Morgan fingerprint density at radius 3 is 2.55 bits per heavy atom. The van der Waals surface area contributed by atoms with Gasteiger partial charge in [0, 0.05) is 12.1 Å². The normalized spacial score (nSPS) is 32.7. The maximum absolute atomic E-state index is 3.36. The summed E-state index contributed by atoms with van der Waals surface area (Å²) in [5, 5.41) is 3.36. The van der Waals surface area contributed by atoms with Crippen LogP contribution in [-0.2, 0) is 0 Å². The first-order chi connectivity index (χ1) is 5.24. The van der Waals surface area contributed by atoms with Gasteiger partial charge in [-0.05, 0) is 40.4 Å². The van der Waals surface area contributed by atoms with Gasteiger partial charge in [-0.1, -0.05) is 6.42 Å². The lowest BCUT2D eigenvalue weighted by Gasteiger charge is -2.33. The van der Waals surface area contributed by atoms with Crippen LogP contribution in [0.15, 0.2) is 0 Å². The first kappa shape index (κ1) is 9.01. The summed E-state index contributed by atoms with van der Waals surface area (Å²) >= 11 is 0. The van der Waals surface area contributed by atoms with Crippen molar-refractivity contribution in [3.63, 3.8) is 0 Å². The van der Waals surface area contributed by atoms with Crippen molar-refractivity contribution in [2.45, 2.75) is 37.8 Å². The maximum Gasteiger partial charge on any atom is 0.0104 e. The number of rotatable bonds is 2. The molecule has 2 nitrogen and oxygen atoms in total. The molecule has 0 aromatic heterocycles. The molecule has 1 saturated carbocycles. The lowest BCUT2D eigenvalue weighted by atomic mass is 9.90. The van der Waals surface area contributed by atoms with Gasteiger partial charge in [-0.25, -0.2) is 0 Å². The van der Waals surface area contributed by atoms with Crippen molar-refractivity contribution in [3.8, 4) is 0 Å². The van der Waals surface area contributed by atoms with Crippen LogP contribution in [0.1, 0.15) is 25.7 Å². The number of hydrogen-bond acceptors (Lipinski definition) is 2. The molecule has 0 heterocycles. The molecule has 1 aliphatic carbocycles. The highest BCUT2D eigenvalue weighted by atomic mass is 15.1. The average Bonchev–Trinajstić information content (AvgIpc) is 2.05. The van der Waals surface area contributed by atoms with Gasteiger partial charge < -0.3 is 10.2 Å². The molecule has 0 aromatic carbocycles. The Hall–Kier alpha value is -0.0800. The average molecular weight is 156 g/mol. The fourth-order valence-corrected chi connectivity index (χ4v) is 1.90. The Bertz CT molecular complexity index is 112. The Labute approximate surface area is 70.0 Å². The SMILES string of the molecule is CNC1CCCC(N(C)C)C1. The van der Waals surface area contributed by atoms with Crippen molar-refractivity contribution in [1.29, 1.82) is 0 Å². The summed E-state index contributed by atoms with van der Waals surface area (Å²) in [6.07, 6.45) is 5.45. The minimum Gasteiger partial charge on any atom is -0.317 e. The van der Waals surface area contributed by atoms with Gasteiger partial charge >= 0.3 is 0 Å². The molecular formula is C9H20N2. The van der Waals surface area contributed by atoms with Crippen LogP contribution < -0.4 is 5.32 Å². The molecule has 1 aliphatic rings. The second kappa shape index (κ2) is 4.07. The molecule has 0 aliphatic heterocycles. The summed E-state index contributed by atoms with van der Waals surface area (Å²) < 4.78 is 0. The molecule has 2 heteroatoms. The molecule has 1 N–H and O–H groups in total. The zero-order valence-electron chi connectivity index (χ0n) is 7.93. The third-order valence-electron chi connectivity index (χ3n) is 2.79. The standard InChI is InChI=1S/C9H20N2/c1-10-8-5-4-6-9(7-8)11(2)3/h8-10H,4-7H2,1-3H3. The van der Waals surface area contributed by atoms with E-state index < -0.39 is 0 Å². The van der Waals surface area contributed by atoms with Crippen LogP contribution in [-0.4, -0.2) is 38.1 Å². The Kier molecular flexibility index (Phi) is 3.34. The summed E-state index contributed by atoms with van der Waals surface area (Å²) in [5.74, 6) is 0. The van der Waals surface area contributed by atoms with E-state index in [1.807, 2.05) is 0 Å². The highest BCUT2D eigenvalue weighted by Crippen LogP contribution is 2.20. The van der Waals surface area contributed by atoms with Crippen LogP contribution in [0.3, 0.4) is 0 Å². The van der Waals surface area contributed by atoms with E-state index in [0.29, 0.717) is 0 Å². The predicted molar refractivity (Wildman–Crippen MR) is 48.8 cm³/mol. The second-order valence-corrected chi connectivity index (χ2v) is 3.77. The van der Waals surface area contributed by atoms with Gasteiger partial charge in [0.05, 0.1) is 0 Å². The van der Waals surface area contributed by atoms with Gasteiger partial charge in [-0.2, -0.15) is 0 Å². The maximum atomic E-state index is 3.36. The van der Waals surface area contributed by atoms with E-state index in [-0.39, 0.29) is 0 Å². The molecule has 0 aromatic rings. The highest BCUT2D eigenvalue weighted by molar-refractivity contribution is 4.80. The third-order valence-corrected chi connectivity index (χ3v) is 2.79. The topological polar surface area (TPSA) is 15.3 Å². The molecular weight excluding hydrogens is 136 g/mol. The van der Waals surface area contributed by atoms with E-state index in [2.05, 4.69) is 31.4 Å². The first-order valence-corrected chi connectivity index (χ1v) is 4.57. The zero-order valence-corrected chi connectivity index (χ0v) is 7.93. The monoisotopic (exact) mass is 156 g/mol. The largest absolute Gasteiger partial charge is 0.317 e. The molecule has 0 radical (unpaired) electrons.